The SMILES string of the molecule is CCCCCCCCC1CC(=O)C(=C(O)CCC)C(=O)O1. The third kappa shape index (κ3) is 5.90. The highest BCUT2D eigenvalue weighted by Crippen LogP contribution is 2.24. The lowest BCUT2D eigenvalue weighted by Crippen LogP contribution is -2.33. The molecule has 1 fully saturated rings. The first-order valence-corrected chi connectivity index (χ1v) is 8.26. The Morgan fingerprint density at radius 2 is 1.76 bits per heavy atom. The fraction of sp³-hybridized carbons (Fsp3) is 0.765. The van der Waals surface area contributed by atoms with Crippen molar-refractivity contribution in [2.24, 2.45) is 0 Å². The molecule has 0 spiro atoms. The minimum atomic E-state index is -0.645. The van der Waals surface area contributed by atoms with Crippen LogP contribution in [0.5, 0.6) is 0 Å². The number of hydrogen-bond acceptors (Lipinski definition) is 4. The van der Waals surface area contributed by atoms with E-state index in [0.29, 0.717) is 12.8 Å². The number of carbonyl (C=O) groups is 2. The molecule has 1 rings (SSSR count). The smallest absolute Gasteiger partial charge is 0.345 e. The highest BCUT2D eigenvalue weighted by atomic mass is 16.5. The molecule has 0 aromatic rings. The molecule has 1 heterocycles. The highest BCUT2D eigenvalue weighted by Gasteiger charge is 2.34. The largest absolute Gasteiger partial charge is 0.511 e. The molecule has 1 unspecified atom stereocenters. The van der Waals surface area contributed by atoms with Crippen LogP contribution in [-0.2, 0) is 14.3 Å². The van der Waals surface area contributed by atoms with Gasteiger partial charge in [-0.25, -0.2) is 4.79 Å². The second-order valence-electron chi connectivity index (χ2n) is 5.78. The van der Waals surface area contributed by atoms with E-state index in [2.05, 4.69) is 6.92 Å². The number of ether oxygens (including phenoxy) is 1. The fourth-order valence-electron chi connectivity index (χ4n) is 2.63. The van der Waals surface area contributed by atoms with Gasteiger partial charge in [-0.3, -0.25) is 4.79 Å². The predicted molar refractivity (Wildman–Crippen MR) is 82.1 cm³/mol. The number of unbranched alkanes of at least 4 members (excludes halogenated alkanes) is 5. The summed E-state index contributed by atoms with van der Waals surface area (Å²) in [5.41, 5.74) is -0.129. The van der Waals surface area contributed by atoms with Gasteiger partial charge in [0.2, 0.25) is 0 Å². The molecule has 4 heteroatoms. The summed E-state index contributed by atoms with van der Waals surface area (Å²) in [6.45, 7) is 4.07. The number of aliphatic hydroxyl groups excluding tert-OH is 1. The van der Waals surface area contributed by atoms with Crippen molar-refractivity contribution in [3.05, 3.63) is 11.3 Å². The average Bonchev–Trinajstić information content (AvgIpc) is 2.42. The Labute approximate surface area is 127 Å². The molecule has 1 N–H and O–H groups in total. The third-order valence-electron chi connectivity index (χ3n) is 3.82. The molecule has 0 aliphatic carbocycles. The second-order valence-corrected chi connectivity index (χ2v) is 5.78. The van der Waals surface area contributed by atoms with Crippen LogP contribution in [0.25, 0.3) is 0 Å². The van der Waals surface area contributed by atoms with Gasteiger partial charge in [-0.15, -0.1) is 0 Å². The standard InChI is InChI=1S/C17H28O4/c1-3-5-6-7-8-9-11-13-12-15(19)16(17(20)21-13)14(18)10-4-2/h13,18H,3-12H2,1-2H3. The minimum Gasteiger partial charge on any atom is -0.511 e. The Bertz CT molecular complexity index is 364. The Morgan fingerprint density at radius 1 is 1.10 bits per heavy atom. The fourth-order valence-corrected chi connectivity index (χ4v) is 2.63. The normalized spacial score (nSPS) is 21.3. The Balaban J connectivity index is 2.38. The molecule has 21 heavy (non-hydrogen) atoms. The zero-order valence-corrected chi connectivity index (χ0v) is 13.3. The summed E-state index contributed by atoms with van der Waals surface area (Å²) in [6, 6.07) is 0. The van der Waals surface area contributed by atoms with Crippen LogP contribution in [0, 0.1) is 0 Å². The maximum Gasteiger partial charge on any atom is 0.345 e. The van der Waals surface area contributed by atoms with Crippen LogP contribution in [0.3, 0.4) is 0 Å². The first kappa shape index (κ1) is 17.7. The van der Waals surface area contributed by atoms with Gasteiger partial charge in [0.1, 0.15) is 17.4 Å². The lowest BCUT2D eigenvalue weighted by molar-refractivity contribution is -0.151. The van der Waals surface area contributed by atoms with Gasteiger partial charge >= 0.3 is 5.97 Å². The van der Waals surface area contributed by atoms with E-state index in [0.717, 1.165) is 19.3 Å². The van der Waals surface area contributed by atoms with Crippen molar-refractivity contribution in [3.8, 4) is 0 Å². The van der Waals surface area contributed by atoms with Crippen LogP contribution >= 0.6 is 0 Å². The first-order chi connectivity index (χ1) is 10.1. The summed E-state index contributed by atoms with van der Waals surface area (Å²) in [5.74, 6) is -1.04. The maximum absolute atomic E-state index is 12.0. The van der Waals surface area contributed by atoms with Crippen molar-refractivity contribution in [2.75, 3.05) is 0 Å². The van der Waals surface area contributed by atoms with E-state index >= 15 is 0 Å². The average molecular weight is 296 g/mol. The van der Waals surface area contributed by atoms with Crippen molar-refractivity contribution in [3.63, 3.8) is 0 Å². The van der Waals surface area contributed by atoms with Crippen LogP contribution in [0.15, 0.2) is 11.3 Å². The van der Waals surface area contributed by atoms with Crippen LogP contribution in [-0.4, -0.2) is 23.0 Å². The summed E-state index contributed by atoms with van der Waals surface area (Å²) in [5, 5.41) is 9.76. The Hall–Kier alpha value is -1.32. The van der Waals surface area contributed by atoms with E-state index in [4.69, 9.17) is 4.74 Å². The van der Waals surface area contributed by atoms with Gasteiger partial charge in [0, 0.05) is 12.8 Å². The zero-order valence-electron chi connectivity index (χ0n) is 13.3. The maximum atomic E-state index is 12.0. The van der Waals surface area contributed by atoms with E-state index in [1.165, 1.54) is 25.7 Å². The van der Waals surface area contributed by atoms with Crippen molar-refractivity contribution >= 4 is 11.8 Å². The number of rotatable bonds is 9. The third-order valence-corrected chi connectivity index (χ3v) is 3.82. The molecule has 1 aliphatic rings. The van der Waals surface area contributed by atoms with E-state index in [1.54, 1.807) is 0 Å². The molecular formula is C17H28O4. The Kier molecular flexibility index (Phi) is 8.09. The highest BCUT2D eigenvalue weighted by molar-refractivity contribution is 6.19. The van der Waals surface area contributed by atoms with E-state index in [-0.39, 0.29) is 29.6 Å². The quantitative estimate of drug-likeness (QED) is 0.227. The minimum absolute atomic E-state index is 0.120. The van der Waals surface area contributed by atoms with Crippen molar-refractivity contribution in [2.45, 2.75) is 84.2 Å². The summed E-state index contributed by atoms with van der Waals surface area (Å²) in [7, 11) is 0. The van der Waals surface area contributed by atoms with Crippen molar-refractivity contribution < 1.29 is 19.4 Å². The van der Waals surface area contributed by atoms with Gasteiger partial charge in [-0.1, -0.05) is 46.0 Å². The molecule has 1 aliphatic heterocycles. The number of aliphatic hydroxyl groups is 1. The molecule has 1 saturated heterocycles. The van der Waals surface area contributed by atoms with Gasteiger partial charge in [-0.2, -0.15) is 0 Å². The number of hydrogen-bond donors (Lipinski definition) is 1. The molecule has 0 radical (unpaired) electrons. The zero-order chi connectivity index (χ0) is 15.7. The van der Waals surface area contributed by atoms with Gasteiger partial charge < -0.3 is 9.84 Å². The molecule has 0 saturated carbocycles. The number of ketones is 1. The molecular weight excluding hydrogens is 268 g/mol. The molecule has 120 valence electrons. The lowest BCUT2D eigenvalue weighted by Gasteiger charge is -2.23. The monoisotopic (exact) mass is 296 g/mol. The van der Waals surface area contributed by atoms with E-state index < -0.39 is 5.97 Å². The van der Waals surface area contributed by atoms with Crippen LogP contribution in [0.2, 0.25) is 0 Å². The number of esters is 1. The number of carbonyl (C=O) groups excluding carboxylic acids is 2. The number of cyclic esters (lactones) is 1. The lowest BCUT2D eigenvalue weighted by atomic mass is 9.96. The van der Waals surface area contributed by atoms with Gasteiger partial charge in [0.15, 0.2) is 5.78 Å². The number of allylic oxidation sites excluding steroid dienone is 1. The molecule has 4 nitrogen and oxygen atoms in total. The topological polar surface area (TPSA) is 63.6 Å². The predicted octanol–water partition coefficient (Wildman–Crippen LogP) is 4.23. The van der Waals surface area contributed by atoms with E-state index in [1.807, 2.05) is 6.92 Å². The number of Topliss-reactive ketones (excluding diaryl/α,β-unsaturated/α-hetero) is 1. The van der Waals surface area contributed by atoms with Crippen LogP contribution in [0.1, 0.15) is 78.1 Å². The van der Waals surface area contributed by atoms with Crippen LogP contribution < -0.4 is 0 Å². The van der Waals surface area contributed by atoms with Gasteiger partial charge in [0.25, 0.3) is 0 Å². The first-order valence-electron chi connectivity index (χ1n) is 8.26. The van der Waals surface area contributed by atoms with Crippen LogP contribution in [0.4, 0.5) is 0 Å². The molecule has 1 atom stereocenters. The van der Waals surface area contributed by atoms with E-state index in [9.17, 15) is 14.7 Å². The second kappa shape index (κ2) is 9.59. The molecule has 0 bridgehead atoms. The molecule has 0 aromatic heterocycles. The summed E-state index contributed by atoms with van der Waals surface area (Å²) in [4.78, 5) is 23.8. The summed E-state index contributed by atoms with van der Waals surface area (Å²) < 4.78 is 5.29. The molecule has 0 amide bonds. The summed E-state index contributed by atoms with van der Waals surface area (Å²) in [6.07, 6.45) is 8.72. The van der Waals surface area contributed by atoms with Crippen molar-refractivity contribution in [1.29, 1.82) is 0 Å². The molecule has 0 aromatic carbocycles. The summed E-state index contributed by atoms with van der Waals surface area (Å²) >= 11 is 0. The Morgan fingerprint density at radius 3 is 2.38 bits per heavy atom. The van der Waals surface area contributed by atoms with Crippen molar-refractivity contribution in [1.82, 2.24) is 0 Å². The van der Waals surface area contributed by atoms with Gasteiger partial charge in [-0.05, 0) is 19.3 Å². The van der Waals surface area contributed by atoms with Gasteiger partial charge in [0.05, 0.1) is 0 Å².